The molecule has 98 valence electrons. The van der Waals surface area contributed by atoms with Gasteiger partial charge in [0, 0.05) is 37.2 Å². The van der Waals surface area contributed by atoms with Gasteiger partial charge in [-0.15, -0.1) is 11.3 Å². The normalized spacial score (nSPS) is 12.4. The predicted octanol–water partition coefficient (Wildman–Crippen LogP) is 1.64. The lowest BCUT2D eigenvalue weighted by Crippen LogP contribution is -2.46. The second-order valence-corrected chi connectivity index (χ2v) is 5.99. The van der Waals surface area contributed by atoms with Crippen LogP contribution >= 0.6 is 11.3 Å². The first-order valence-corrected chi connectivity index (χ1v) is 6.69. The average Bonchev–Trinajstić information content (AvgIpc) is 2.59. The molecule has 0 fully saturated rings. The molecule has 0 saturated carbocycles. The molecule has 17 heavy (non-hydrogen) atoms. The van der Waals surface area contributed by atoms with Crippen LogP contribution in [0.25, 0.3) is 0 Å². The molecule has 0 atom stereocenters. The van der Waals surface area contributed by atoms with Crippen LogP contribution < -0.4 is 5.73 Å². The minimum absolute atomic E-state index is 0.188. The minimum Gasteiger partial charge on any atom is -0.383 e. The van der Waals surface area contributed by atoms with Crippen molar-refractivity contribution >= 4 is 11.3 Å². The number of hydrogen-bond acceptors (Lipinski definition) is 5. The average molecular weight is 257 g/mol. The highest BCUT2D eigenvalue weighted by molar-refractivity contribution is 7.09. The van der Waals surface area contributed by atoms with Gasteiger partial charge in [0.2, 0.25) is 0 Å². The maximum atomic E-state index is 6.08. The second-order valence-electron chi connectivity index (χ2n) is 5.05. The van der Waals surface area contributed by atoms with Crippen molar-refractivity contribution in [3.05, 3.63) is 16.1 Å². The number of nitrogens with zero attached hydrogens (tertiary/aromatic N) is 2. The Bertz CT molecular complexity index is 333. The summed E-state index contributed by atoms with van der Waals surface area (Å²) in [4.78, 5) is 7.91. The summed E-state index contributed by atoms with van der Waals surface area (Å²) < 4.78 is 5.14. The first kappa shape index (κ1) is 14.6. The van der Waals surface area contributed by atoms with E-state index >= 15 is 0 Å². The van der Waals surface area contributed by atoms with Gasteiger partial charge in [-0.25, -0.2) is 4.98 Å². The number of ether oxygens (including phenoxy) is 1. The molecule has 0 aromatic carbocycles. The Morgan fingerprint density at radius 2 is 2.24 bits per heavy atom. The van der Waals surface area contributed by atoms with E-state index in [4.69, 9.17) is 10.5 Å². The molecule has 2 N–H and O–H groups in total. The Hall–Kier alpha value is -0.490. The zero-order valence-corrected chi connectivity index (χ0v) is 12.0. The summed E-state index contributed by atoms with van der Waals surface area (Å²) in [7, 11) is 1.73. The Morgan fingerprint density at radius 3 is 2.71 bits per heavy atom. The number of thiazole rings is 1. The van der Waals surface area contributed by atoms with E-state index in [-0.39, 0.29) is 5.54 Å². The van der Waals surface area contributed by atoms with Crippen LogP contribution in [0.3, 0.4) is 0 Å². The summed E-state index contributed by atoms with van der Waals surface area (Å²) in [5.41, 5.74) is 8.91. The third-order valence-electron chi connectivity index (χ3n) is 2.45. The summed E-state index contributed by atoms with van der Waals surface area (Å²) in [6.45, 7) is 9.53. The first-order chi connectivity index (χ1) is 7.92. The summed E-state index contributed by atoms with van der Waals surface area (Å²) in [5.74, 6) is 0. The molecule has 0 bridgehead atoms. The van der Waals surface area contributed by atoms with Gasteiger partial charge in [0.15, 0.2) is 0 Å². The zero-order valence-electron chi connectivity index (χ0n) is 11.2. The highest BCUT2D eigenvalue weighted by Crippen LogP contribution is 2.16. The number of hydrogen-bond donors (Lipinski definition) is 1. The molecule has 1 aromatic heterocycles. The summed E-state index contributed by atoms with van der Waals surface area (Å²) >= 11 is 1.70. The van der Waals surface area contributed by atoms with E-state index in [1.54, 1.807) is 18.4 Å². The van der Waals surface area contributed by atoms with Crippen LogP contribution in [-0.4, -0.2) is 42.2 Å². The van der Waals surface area contributed by atoms with Crippen molar-refractivity contribution < 1.29 is 4.74 Å². The Morgan fingerprint density at radius 1 is 1.53 bits per heavy atom. The molecule has 5 heteroatoms. The lowest BCUT2D eigenvalue weighted by Gasteiger charge is -2.29. The summed E-state index contributed by atoms with van der Waals surface area (Å²) in [6.07, 6.45) is 0. The molecule has 0 saturated heterocycles. The monoisotopic (exact) mass is 257 g/mol. The van der Waals surface area contributed by atoms with E-state index in [2.05, 4.69) is 9.88 Å². The molecule has 0 amide bonds. The van der Waals surface area contributed by atoms with E-state index in [1.165, 1.54) is 4.88 Å². The zero-order chi connectivity index (χ0) is 12.9. The molecule has 0 aliphatic carbocycles. The van der Waals surface area contributed by atoms with Gasteiger partial charge in [0.05, 0.1) is 17.8 Å². The quantitative estimate of drug-likeness (QED) is 0.807. The maximum absolute atomic E-state index is 6.08. The largest absolute Gasteiger partial charge is 0.383 e. The van der Waals surface area contributed by atoms with Crippen LogP contribution in [0.5, 0.6) is 0 Å². The van der Waals surface area contributed by atoms with Gasteiger partial charge in [0.1, 0.15) is 0 Å². The maximum Gasteiger partial charge on any atom is 0.0798 e. The fourth-order valence-electron chi connectivity index (χ4n) is 1.69. The standard InChI is InChI=1S/C12H23N3OS/c1-10-11(17-9-14-10)7-15(5-6-16-4)8-12(2,3)13/h9H,5-8,13H2,1-4H3. The van der Waals surface area contributed by atoms with E-state index in [0.29, 0.717) is 0 Å². The summed E-state index contributed by atoms with van der Waals surface area (Å²) in [6, 6.07) is 0. The molecule has 1 rings (SSSR count). The minimum atomic E-state index is -0.188. The van der Waals surface area contributed by atoms with E-state index < -0.39 is 0 Å². The fourth-order valence-corrected chi connectivity index (χ4v) is 2.51. The third kappa shape index (κ3) is 5.59. The predicted molar refractivity (Wildman–Crippen MR) is 72.3 cm³/mol. The lowest BCUT2D eigenvalue weighted by molar-refractivity contribution is 0.131. The third-order valence-corrected chi connectivity index (χ3v) is 3.37. The van der Waals surface area contributed by atoms with Crippen molar-refractivity contribution in [2.24, 2.45) is 5.73 Å². The molecule has 0 aliphatic rings. The van der Waals surface area contributed by atoms with Gasteiger partial charge in [-0.05, 0) is 20.8 Å². The molecule has 1 heterocycles. The SMILES string of the molecule is COCCN(Cc1scnc1C)CC(C)(C)N. The fraction of sp³-hybridized carbons (Fsp3) is 0.750. The van der Waals surface area contributed by atoms with Crippen LogP contribution in [0.2, 0.25) is 0 Å². The Kier molecular flexibility index (Phi) is 5.52. The smallest absolute Gasteiger partial charge is 0.0798 e. The van der Waals surface area contributed by atoms with Gasteiger partial charge in [-0.3, -0.25) is 4.90 Å². The second kappa shape index (κ2) is 6.44. The van der Waals surface area contributed by atoms with E-state index in [9.17, 15) is 0 Å². The molecule has 0 unspecified atom stereocenters. The van der Waals surface area contributed by atoms with Crippen molar-refractivity contribution in [2.45, 2.75) is 32.9 Å². The van der Waals surface area contributed by atoms with Gasteiger partial charge < -0.3 is 10.5 Å². The molecule has 4 nitrogen and oxygen atoms in total. The highest BCUT2D eigenvalue weighted by atomic mass is 32.1. The molecule has 0 aliphatic heterocycles. The van der Waals surface area contributed by atoms with Crippen LogP contribution in [0.4, 0.5) is 0 Å². The van der Waals surface area contributed by atoms with Gasteiger partial charge >= 0.3 is 0 Å². The molecule has 0 radical (unpaired) electrons. The van der Waals surface area contributed by atoms with Gasteiger partial charge in [-0.1, -0.05) is 0 Å². The molecular weight excluding hydrogens is 234 g/mol. The number of rotatable bonds is 7. The highest BCUT2D eigenvalue weighted by Gasteiger charge is 2.18. The topological polar surface area (TPSA) is 51.4 Å². The summed E-state index contributed by atoms with van der Waals surface area (Å²) in [5, 5.41) is 0. The molecule has 1 aromatic rings. The Balaban J connectivity index is 2.60. The van der Waals surface area contributed by atoms with Crippen molar-refractivity contribution in [3.8, 4) is 0 Å². The number of aryl methyl sites for hydroxylation is 1. The lowest BCUT2D eigenvalue weighted by atomic mass is 10.1. The Labute approximate surface area is 108 Å². The van der Waals surface area contributed by atoms with Crippen molar-refractivity contribution in [1.82, 2.24) is 9.88 Å². The van der Waals surface area contributed by atoms with E-state index in [1.807, 2.05) is 26.3 Å². The van der Waals surface area contributed by atoms with Crippen molar-refractivity contribution in [1.29, 1.82) is 0 Å². The first-order valence-electron chi connectivity index (χ1n) is 5.81. The van der Waals surface area contributed by atoms with Crippen molar-refractivity contribution in [3.63, 3.8) is 0 Å². The number of methoxy groups -OCH3 is 1. The van der Waals surface area contributed by atoms with Gasteiger partial charge in [-0.2, -0.15) is 0 Å². The van der Waals surface area contributed by atoms with Crippen LogP contribution in [-0.2, 0) is 11.3 Å². The van der Waals surface area contributed by atoms with Crippen LogP contribution in [0.1, 0.15) is 24.4 Å². The number of nitrogens with two attached hydrogens (primary N) is 1. The van der Waals surface area contributed by atoms with Crippen LogP contribution in [0, 0.1) is 6.92 Å². The molecular formula is C12H23N3OS. The number of aromatic nitrogens is 1. The van der Waals surface area contributed by atoms with E-state index in [0.717, 1.165) is 31.9 Å². The van der Waals surface area contributed by atoms with Gasteiger partial charge in [0.25, 0.3) is 0 Å². The molecule has 0 spiro atoms. The van der Waals surface area contributed by atoms with Crippen molar-refractivity contribution in [2.75, 3.05) is 26.8 Å². The van der Waals surface area contributed by atoms with Crippen LogP contribution in [0.15, 0.2) is 5.51 Å².